The minimum Gasteiger partial charge on any atom is -0.483 e. The molecule has 0 aromatic heterocycles. The molecule has 0 bridgehead atoms. The molecule has 0 radical (unpaired) electrons. The fourth-order valence-corrected chi connectivity index (χ4v) is 5.42. The van der Waals surface area contributed by atoms with Crippen molar-refractivity contribution in [1.82, 2.24) is 0 Å². The van der Waals surface area contributed by atoms with Gasteiger partial charge in [-0.05, 0) is 90.1 Å². The molecule has 0 saturated carbocycles. The Hall–Kier alpha value is -2.35. The molecule has 3 aromatic rings. The van der Waals surface area contributed by atoms with Gasteiger partial charge < -0.3 is 4.74 Å². The zero-order chi connectivity index (χ0) is 23.6. The first-order valence-corrected chi connectivity index (χ1v) is 12.4. The molecule has 3 aromatic carbocycles. The van der Waals surface area contributed by atoms with Crippen LogP contribution in [0.1, 0.15) is 22.3 Å². The SMILES string of the molecule is Cc1ccc(C)c(N(C(=O)COc2cc(C)c(Cl)c(C)c2Br)S(=O)(=O)c2ccccc2)c1. The monoisotopic (exact) mass is 535 g/mol. The lowest BCUT2D eigenvalue weighted by molar-refractivity contribution is -0.119. The number of carbonyl (C=O) groups is 1. The molecule has 0 N–H and O–H groups in total. The molecule has 5 nitrogen and oxygen atoms in total. The largest absolute Gasteiger partial charge is 0.483 e. The van der Waals surface area contributed by atoms with Crippen molar-refractivity contribution in [2.75, 3.05) is 10.9 Å². The number of ether oxygens (including phenoxy) is 1. The number of rotatable bonds is 6. The fraction of sp³-hybridized carbons (Fsp3) is 0.208. The zero-order valence-corrected chi connectivity index (χ0v) is 21.3. The van der Waals surface area contributed by atoms with Gasteiger partial charge in [0.2, 0.25) is 0 Å². The van der Waals surface area contributed by atoms with E-state index in [4.69, 9.17) is 16.3 Å². The van der Waals surface area contributed by atoms with Gasteiger partial charge in [-0.3, -0.25) is 4.79 Å². The molecule has 0 saturated heterocycles. The highest BCUT2D eigenvalue weighted by atomic mass is 79.9. The summed E-state index contributed by atoms with van der Waals surface area (Å²) in [6, 6.07) is 14.9. The van der Waals surface area contributed by atoms with E-state index < -0.39 is 22.5 Å². The smallest absolute Gasteiger partial charge is 0.278 e. The van der Waals surface area contributed by atoms with Crippen LogP contribution in [0, 0.1) is 27.7 Å². The number of sulfonamides is 1. The van der Waals surface area contributed by atoms with Crippen LogP contribution in [0.2, 0.25) is 5.02 Å². The summed E-state index contributed by atoms with van der Waals surface area (Å²) in [5.41, 5.74) is 3.35. The molecule has 0 atom stereocenters. The average Bonchev–Trinajstić information content (AvgIpc) is 2.77. The van der Waals surface area contributed by atoms with E-state index in [1.165, 1.54) is 12.1 Å². The number of halogens is 2. The highest BCUT2D eigenvalue weighted by Crippen LogP contribution is 2.36. The Labute approximate surface area is 202 Å². The number of benzene rings is 3. The Morgan fingerprint density at radius 2 is 1.66 bits per heavy atom. The first kappa shape index (κ1) is 24.3. The lowest BCUT2D eigenvalue weighted by atomic mass is 10.1. The molecular weight excluding hydrogens is 514 g/mol. The lowest BCUT2D eigenvalue weighted by Gasteiger charge is -2.25. The molecule has 0 unspecified atom stereocenters. The topological polar surface area (TPSA) is 63.7 Å². The Morgan fingerprint density at radius 3 is 2.31 bits per heavy atom. The van der Waals surface area contributed by atoms with Gasteiger partial charge >= 0.3 is 0 Å². The summed E-state index contributed by atoms with van der Waals surface area (Å²) >= 11 is 9.71. The van der Waals surface area contributed by atoms with Gasteiger partial charge in [0.1, 0.15) is 5.75 Å². The van der Waals surface area contributed by atoms with Crippen LogP contribution in [-0.2, 0) is 14.8 Å². The minimum absolute atomic E-state index is 0.0219. The zero-order valence-electron chi connectivity index (χ0n) is 18.1. The van der Waals surface area contributed by atoms with Crippen molar-refractivity contribution >= 4 is 49.1 Å². The van der Waals surface area contributed by atoms with Crippen molar-refractivity contribution < 1.29 is 17.9 Å². The van der Waals surface area contributed by atoms with Gasteiger partial charge in [0.05, 0.1) is 15.1 Å². The molecule has 0 aliphatic rings. The predicted molar refractivity (Wildman–Crippen MR) is 131 cm³/mol. The van der Waals surface area contributed by atoms with Crippen molar-refractivity contribution in [2.45, 2.75) is 32.6 Å². The second-order valence-corrected chi connectivity index (χ2v) is 10.5. The van der Waals surface area contributed by atoms with E-state index in [9.17, 15) is 13.2 Å². The molecule has 0 spiro atoms. The summed E-state index contributed by atoms with van der Waals surface area (Å²) in [6.07, 6.45) is 0. The molecule has 168 valence electrons. The van der Waals surface area contributed by atoms with E-state index >= 15 is 0 Å². The van der Waals surface area contributed by atoms with Gasteiger partial charge in [-0.2, -0.15) is 4.31 Å². The quantitative estimate of drug-likeness (QED) is 0.380. The Balaban J connectivity index is 2.03. The maximum absolute atomic E-state index is 13.5. The molecule has 0 aliphatic heterocycles. The van der Waals surface area contributed by atoms with Gasteiger partial charge in [-0.1, -0.05) is 41.9 Å². The van der Waals surface area contributed by atoms with Crippen LogP contribution in [0.15, 0.2) is 64.0 Å². The maximum atomic E-state index is 13.5. The maximum Gasteiger partial charge on any atom is 0.278 e. The third-order valence-electron chi connectivity index (χ3n) is 5.01. The van der Waals surface area contributed by atoms with Crippen LogP contribution in [0.4, 0.5) is 5.69 Å². The molecule has 0 fully saturated rings. The number of carbonyl (C=O) groups excluding carboxylic acids is 1. The first-order chi connectivity index (χ1) is 15.0. The van der Waals surface area contributed by atoms with Crippen LogP contribution < -0.4 is 9.04 Å². The number of hydrogen-bond acceptors (Lipinski definition) is 4. The predicted octanol–water partition coefficient (Wildman–Crippen LogP) is 6.14. The number of hydrogen-bond donors (Lipinski definition) is 0. The molecule has 3 rings (SSSR count). The van der Waals surface area contributed by atoms with E-state index in [0.717, 1.165) is 21.0 Å². The summed E-state index contributed by atoms with van der Waals surface area (Å²) in [5.74, 6) is -0.296. The van der Waals surface area contributed by atoms with E-state index in [1.807, 2.05) is 26.8 Å². The number of anilines is 1. The Bertz CT molecular complexity index is 1280. The van der Waals surface area contributed by atoms with Crippen molar-refractivity contribution in [3.63, 3.8) is 0 Å². The normalized spacial score (nSPS) is 11.3. The Morgan fingerprint density at radius 1 is 1.00 bits per heavy atom. The number of aryl methyl sites for hydroxylation is 3. The molecule has 0 heterocycles. The van der Waals surface area contributed by atoms with Gasteiger partial charge in [0.15, 0.2) is 6.61 Å². The van der Waals surface area contributed by atoms with Gasteiger partial charge in [-0.15, -0.1) is 0 Å². The Kier molecular flexibility index (Phi) is 7.32. The van der Waals surface area contributed by atoms with Crippen LogP contribution in [0.25, 0.3) is 0 Å². The van der Waals surface area contributed by atoms with E-state index in [1.54, 1.807) is 43.3 Å². The van der Waals surface area contributed by atoms with Gasteiger partial charge in [0, 0.05) is 5.02 Å². The second kappa shape index (κ2) is 9.65. The summed E-state index contributed by atoms with van der Waals surface area (Å²) in [6.45, 7) is 6.79. The summed E-state index contributed by atoms with van der Waals surface area (Å²) < 4.78 is 34.2. The minimum atomic E-state index is -4.16. The molecule has 8 heteroatoms. The lowest BCUT2D eigenvalue weighted by Crippen LogP contribution is -2.40. The van der Waals surface area contributed by atoms with E-state index in [0.29, 0.717) is 26.5 Å². The van der Waals surface area contributed by atoms with Crippen molar-refractivity contribution in [3.8, 4) is 5.75 Å². The van der Waals surface area contributed by atoms with Crippen LogP contribution in [-0.4, -0.2) is 20.9 Å². The number of nitrogens with zero attached hydrogens (tertiary/aromatic N) is 1. The highest BCUT2D eigenvalue weighted by molar-refractivity contribution is 9.10. The third-order valence-corrected chi connectivity index (χ3v) is 8.33. The van der Waals surface area contributed by atoms with Crippen LogP contribution in [0.3, 0.4) is 0 Å². The van der Waals surface area contributed by atoms with Crippen molar-refractivity contribution in [1.29, 1.82) is 0 Å². The van der Waals surface area contributed by atoms with Crippen molar-refractivity contribution in [2.24, 2.45) is 0 Å². The fourth-order valence-electron chi connectivity index (χ4n) is 3.24. The molecule has 32 heavy (non-hydrogen) atoms. The average molecular weight is 537 g/mol. The number of amides is 1. The summed E-state index contributed by atoms with van der Waals surface area (Å²) in [5, 5.41) is 0.596. The highest BCUT2D eigenvalue weighted by Gasteiger charge is 2.32. The van der Waals surface area contributed by atoms with E-state index in [2.05, 4.69) is 15.9 Å². The van der Waals surface area contributed by atoms with E-state index in [-0.39, 0.29) is 4.90 Å². The first-order valence-electron chi connectivity index (χ1n) is 9.82. The standard InChI is InChI=1S/C24H23BrClNO4S/c1-15-10-11-16(2)20(12-15)27(32(29,30)19-8-6-5-7-9-19)22(28)14-31-21-13-17(3)24(26)18(4)23(21)25/h5-13H,14H2,1-4H3. The summed E-state index contributed by atoms with van der Waals surface area (Å²) in [7, 11) is -4.16. The molecule has 0 aliphatic carbocycles. The molecule has 1 amide bonds. The van der Waals surface area contributed by atoms with Crippen LogP contribution in [0.5, 0.6) is 5.75 Å². The third kappa shape index (κ3) is 4.85. The van der Waals surface area contributed by atoms with Gasteiger partial charge in [0.25, 0.3) is 15.9 Å². The van der Waals surface area contributed by atoms with Crippen molar-refractivity contribution in [3.05, 3.63) is 86.3 Å². The second-order valence-electron chi connectivity index (χ2n) is 7.50. The van der Waals surface area contributed by atoms with Gasteiger partial charge in [-0.25, -0.2) is 8.42 Å². The summed E-state index contributed by atoms with van der Waals surface area (Å²) in [4.78, 5) is 13.4. The van der Waals surface area contributed by atoms with Crippen LogP contribution >= 0.6 is 27.5 Å². The molecular formula is C24H23BrClNO4S.